The molecule has 1 atom stereocenters. The van der Waals surface area contributed by atoms with E-state index in [0.717, 1.165) is 36.9 Å². The van der Waals surface area contributed by atoms with Gasteiger partial charge >= 0.3 is 0 Å². The van der Waals surface area contributed by atoms with Crippen molar-refractivity contribution < 1.29 is 9.90 Å². The highest BCUT2D eigenvalue weighted by Crippen LogP contribution is 2.38. The smallest absolute Gasteiger partial charge is 0.231 e. The van der Waals surface area contributed by atoms with Crippen LogP contribution < -0.4 is 5.73 Å². The average Bonchev–Trinajstić information content (AvgIpc) is 2.37. The van der Waals surface area contributed by atoms with Crippen molar-refractivity contribution in [3.05, 3.63) is 29.3 Å². The van der Waals surface area contributed by atoms with Crippen LogP contribution in [0, 0.1) is 5.92 Å². The van der Waals surface area contributed by atoms with Gasteiger partial charge in [0.05, 0.1) is 6.54 Å². The number of nitrogens with two attached hydrogens (primary N) is 1. The van der Waals surface area contributed by atoms with Crippen molar-refractivity contribution in [1.29, 1.82) is 0 Å². The molecule has 0 aliphatic heterocycles. The third-order valence-corrected chi connectivity index (χ3v) is 3.85. The maximum absolute atomic E-state index is 11.3. The van der Waals surface area contributed by atoms with Crippen molar-refractivity contribution in [2.75, 3.05) is 13.1 Å². The number of benzene rings is 1. The predicted molar refractivity (Wildman–Crippen MR) is 79.4 cm³/mol. The van der Waals surface area contributed by atoms with Crippen molar-refractivity contribution >= 4 is 5.91 Å². The lowest BCUT2D eigenvalue weighted by Gasteiger charge is -2.36. The number of amides is 1. The van der Waals surface area contributed by atoms with E-state index in [1.54, 1.807) is 6.07 Å². The summed E-state index contributed by atoms with van der Waals surface area (Å²) in [6.07, 6.45) is 2.95. The summed E-state index contributed by atoms with van der Waals surface area (Å²) in [5, 5.41) is 10.0. The molecule has 0 bridgehead atoms. The van der Waals surface area contributed by atoms with Crippen LogP contribution in [-0.4, -0.2) is 29.0 Å². The van der Waals surface area contributed by atoms with Crippen LogP contribution in [0.4, 0.5) is 0 Å². The first-order chi connectivity index (χ1) is 9.49. The predicted octanol–water partition coefficient (Wildman–Crippen LogP) is 2.21. The third-order valence-electron chi connectivity index (χ3n) is 3.85. The second-order valence-corrected chi connectivity index (χ2v) is 6.04. The number of phenolic OH excluding ortho intramolecular Hbond substituents is 1. The highest BCUT2D eigenvalue weighted by Gasteiger charge is 2.28. The number of primary amides is 1. The van der Waals surface area contributed by atoms with E-state index in [2.05, 4.69) is 24.8 Å². The molecule has 1 unspecified atom stereocenters. The van der Waals surface area contributed by atoms with Crippen LogP contribution in [0.3, 0.4) is 0 Å². The number of rotatable bonds is 5. The van der Waals surface area contributed by atoms with Crippen LogP contribution in [0.25, 0.3) is 0 Å². The second kappa shape index (κ2) is 6.27. The molecule has 0 radical (unpaired) electrons. The largest absolute Gasteiger partial charge is 0.508 e. The number of hydrogen-bond acceptors (Lipinski definition) is 3. The molecule has 110 valence electrons. The van der Waals surface area contributed by atoms with Gasteiger partial charge in [-0.25, -0.2) is 0 Å². The normalized spacial score (nSPS) is 18.3. The highest BCUT2D eigenvalue weighted by atomic mass is 16.3. The van der Waals surface area contributed by atoms with Gasteiger partial charge < -0.3 is 10.8 Å². The maximum Gasteiger partial charge on any atom is 0.231 e. The van der Waals surface area contributed by atoms with Gasteiger partial charge in [0.2, 0.25) is 5.91 Å². The Bertz CT molecular complexity index is 485. The quantitative estimate of drug-likeness (QED) is 0.866. The number of carbonyl (C=O) groups excluding carboxylic acids is 1. The van der Waals surface area contributed by atoms with Crippen molar-refractivity contribution in [3.63, 3.8) is 0 Å². The summed E-state index contributed by atoms with van der Waals surface area (Å²) in [6, 6.07) is 5.86. The zero-order chi connectivity index (χ0) is 14.7. The Morgan fingerprint density at radius 3 is 2.90 bits per heavy atom. The summed E-state index contributed by atoms with van der Waals surface area (Å²) < 4.78 is 0. The Morgan fingerprint density at radius 1 is 1.50 bits per heavy atom. The van der Waals surface area contributed by atoms with Crippen LogP contribution in [0.2, 0.25) is 0 Å². The SMILES string of the molecule is CC(C)CN(CC(N)=O)C1CCCc2c(O)cccc21. The fourth-order valence-electron chi connectivity index (χ4n) is 3.15. The van der Waals surface area contributed by atoms with Gasteiger partial charge in [-0.15, -0.1) is 0 Å². The summed E-state index contributed by atoms with van der Waals surface area (Å²) in [5.41, 5.74) is 7.58. The minimum absolute atomic E-state index is 0.181. The van der Waals surface area contributed by atoms with E-state index < -0.39 is 0 Å². The first-order valence-electron chi connectivity index (χ1n) is 7.32. The third kappa shape index (κ3) is 3.31. The van der Waals surface area contributed by atoms with Crippen molar-refractivity contribution in [2.45, 2.75) is 39.2 Å². The molecule has 4 nitrogen and oxygen atoms in total. The fourth-order valence-corrected chi connectivity index (χ4v) is 3.15. The monoisotopic (exact) mass is 276 g/mol. The van der Waals surface area contributed by atoms with E-state index in [1.807, 2.05) is 6.07 Å². The van der Waals surface area contributed by atoms with E-state index in [1.165, 1.54) is 0 Å². The molecule has 3 N–H and O–H groups in total. The van der Waals surface area contributed by atoms with Gasteiger partial charge in [-0.1, -0.05) is 26.0 Å². The number of carbonyl (C=O) groups is 1. The summed E-state index contributed by atoms with van der Waals surface area (Å²) in [6.45, 7) is 5.39. The molecular formula is C16H24N2O2. The molecule has 2 rings (SSSR count). The van der Waals surface area contributed by atoms with Crippen molar-refractivity contribution in [2.24, 2.45) is 11.7 Å². The van der Waals surface area contributed by atoms with Gasteiger partial charge in [-0.3, -0.25) is 9.69 Å². The van der Waals surface area contributed by atoms with Crippen LogP contribution in [0.5, 0.6) is 5.75 Å². The lowest BCUT2D eigenvalue weighted by atomic mass is 9.86. The lowest BCUT2D eigenvalue weighted by Crippen LogP contribution is -2.40. The molecule has 20 heavy (non-hydrogen) atoms. The summed E-state index contributed by atoms with van der Waals surface area (Å²) >= 11 is 0. The standard InChI is InChI=1S/C16H24N2O2/c1-11(2)9-18(10-16(17)20)14-7-3-6-13-12(14)5-4-8-15(13)19/h4-5,8,11,14,19H,3,6-7,9-10H2,1-2H3,(H2,17,20). The van der Waals surface area contributed by atoms with Crippen LogP contribution in [-0.2, 0) is 11.2 Å². The van der Waals surface area contributed by atoms with E-state index >= 15 is 0 Å². The number of phenols is 1. The van der Waals surface area contributed by atoms with E-state index in [0.29, 0.717) is 11.7 Å². The van der Waals surface area contributed by atoms with Crippen LogP contribution in [0.1, 0.15) is 43.9 Å². The summed E-state index contributed by atoms with van der Waals surface area (Å²) in [4.78, 5) is 13.5. The molecule has 4 heteroatoms. The minimum atomic E-state index is -0.294. The molecule has 1 aliphatic carbocycles. The summed E-state index contributed by atoms with van der Waals surface area (Å²) in [5.74, 6) is 0.547. The van der Waals surface area contributed by atoms with Crippen molar-refractivity contribution in [1.82, 2.24) is 4.90 Å². The first-order valence-corrected chi connectivity index (χ1v) is 7.32. The van der Waals surface area contributed by atoms with E-state index in [-0.39, 0.29) is 18.5 Å². The van der Waals surface area contributed by atoms with Gasteiger partial charge in [-0.2, -0.15) is 0 Å². The highest BCUT2D eigenvalue weighted by molar-refractivity contribution is 5.76. The Balaban J connectivity index is 2.31. The topological polar surface area (TPSA) is 66.6 Å². The molecule has 0 aromatic heterocycles. The van der Waals surface area contributed by atoms with E-state index in [4.69, 9.17) is 5.73 Å². The molecular weight excluding hydrogens is 252 g/mol. The Morgan fingerprint density at radius 2 is 2.25 bits per heavy atom. The lowest BCUT2D eigenvalue weighted by molar-refractivity contribution is -0.120. The number of nitrogens with zero attached hydrogens (tertiary/aromatic N) is 1. The van der Waals surface area contributed by atoms with Crippen LogP contribution in [0.15, 0.2) is 18.2 Å². The summed E-state index contributed by atoms with van der Waals surface area (Å²) in [7, 11) is 0. The van der Waals surface area contributed by atoms with Crippen LogP contribution >= 0.6 is 0 Å². The first kappa shape index (κ1) is 14.9. The molecule has 1 aromatic rings. The number of fused-ring (bicyclic) bond motifs is 1. The molecule has 0 saturated carbocycles. The molecule has 1 aliphatic rings. The van der Waals surface area contributed by atoms with Crippen molar-refractivity contribution in [3.8, 4) is 5.75 Å². The van der Waals surface area contributed by atoms with Gasteiger partial charge in [0.1, 0.15) is 5.75 Å². The fraction of sp³-hybridized carbons (Fsp3) is 0.562. The molecule has 0 saturated heterocycles. The molecule has 0 spiro atoms. The zero-order valence-corrected chi connectivity index (χ0v) is 12.3. The molecule has 0 heterocycles. The van der Waals surface area contributed by atoms with Gasteiger partial charge in [-0.05, 0) is 42.4 Å². The minimum Gasteiger partial charge on any atom is -0.508 e. The Labute approximate surface area is 120 Å². The number of hydrogen-bond donors (Lipinski definition) is 2. The van der Waals surface area contributed by atoms with Gasteiger partial charge in [0.15, 0.2) is 0 Å². The maximum atomic E-state index is 11.3. The van der Waals surface area contributed by atoms with Gasteiger partial charge in [0.25, 0.3) is 0 Å². The Hall–Kier alpha value is -1.55. The van der Waals surface area contributed by atoms with Gasteiger partial charge in [0, 0.05) is 12.6 Å². The Kier molecular flexibility index (Phi) is 4.65. The average molecular weight is 276 g/mol. The molecule has 1 amide bonds. The van der Waals surface area contributed by atoms with E-state index in [9.17, 15) is 9.90 Å². The molecule has 1 aromatic carbocycles. The zero-order valence-electron chi connectivity index (χ0n) is 12.3. The molecule has 0 fully saturated rings. The number of aromatic hydroxyl groups is 1. The second-order valence-electron chi connectivity index (χ2n) is 6.04.